The molecule has 4 rings (SSSR count). The molecule has 1 unspecified atom stereocenters. The lowest BCUT2D eigenvalue weighted by atomic mass is 9.70. The van der Waals surface area contributed by atoms with Crippen LogP contribution in [0.2, 0.25) is 0 Å². The van der Waals surface area contributed by atoms with Crippen molar-refractivity contribution < 1.29 is 14.6 Å². The number of carbonyl (C=O) groups excluding carboxylic acids is 1. The van der Waals surface area contributed by atoms with Gasteiger partial charge in [-0.25, -0.2) is 4.79 Å². The molecule has 1 atom stereocenters. The fraction of sp³-hybridized carbons (Fsp3) is 0.458. The Morgan fingerprint density at radius 1 is 1.07 bits per heavy atom. The second-order valence-electron chi connectivity index (χ2n) is 9.10. The van der Waals surface area contributed by atoms with Crippen LogP contribution in [0.25, 0.3) is 11.1 Å². The van der Waals surface area contributed by atoms with Crippen LogP contribution in [0, 0.1) is 5.41 Å². The molecule has 0 saturated heterocycles. The Bertz CT molecular complexity index is 830. The number of aliphatic hydroxyl groups is 1. The minimum absolute atomic E-state index is 0.0508. The number of rotatable bonds is 4. The normalized spacial score (nSPS) is 23.0. The van der Waals surface area contributed by atoms with E-state index in [4.69, 9.17) is 4.74 Å². The number of carbonyl (C=O) groups is 1. The highest BCUT2D eigenvalue weighted by atomic mass is 16.5. The van der Waals surface area contributed by atoms with Crippen molar-refractivity contribution in [2.75, 3.05) is 13.2 Å². The summed E-state index contributed by atoms with van der Waals surface area (Å²) in [7, 11) is 0. The molecule has 2 aliphatic carbocycles. The van der Waals surface area contributed by atoms with Crippen LogP contribution in [0.1, 0.15) is 56.6 Å². The molecule has 4 nitrogen and oxygen atoms in total. The van der Waals surface area contributed by atoms with Gasteiger partial charge in [0.2, 0.25) is 0 Å². The van der Waals surface area contributed by atoms with E-state index < -0.39 is 11.7 Å². The van der Waals surface area contributed by atoms with E-state index in [2.05, 4.69) is 43.4 Å². The molecule has 4 heteroatoms. The molecule has 148 valence electrons. The lowest BCUT2D eigenvalue weighted by Crippen LogP contribution is -2.48. The largest absolute Gasteiger partial charge is 0.449 e. The molecule has 2 N–H and O–H groups in total. The fourth-order valence-electron chi connectivity index (χ4n) is 5.00. The van der Waals surface area contributed by atoms with E-state index in [0.29, 0.717) is 13.0 Å². The van der Waals surface area contributed by atoms with Crippen molar-refractivity contribution in [1.29, 1.82) is 0 Å². The Morgan fingerprint density at radius 3 is 2.29 bits per heavy atom. The molecular formula is C24H29NO3. The zero-order chi connectivity index (χ0) is 19.8. The topological polar surface area (TPSA) is 58.6 Å². The van der Waals surface area contributed by atoms with Gasteiger partial charge in [-0.3, -0.25) is 0 Å². The van der Waals surface area contributed by atoms with Crippen molar-refractivity contribution in [2.24, 2.45) is 5.41 Å². The van der Waals surface area contributed by atoms with E-state index in [1.807, 2.05) is 24.3 Å². The van der Waals surface area contributed by atoms with Crippen molar-refractivity contribution in [1.82, 2.24) is 5.32 Å². The third-order valence-electron chi connectivity index (χ3n) is 6.21. The molecule has 1 amide bonds. The molecule has 2 aromatic rings. The summed E-state index contributed by atoms with van der Waals surface area (Å²) < 4.78 is 5.57. The van der Waals surface area contributed by atoms with Gasteiger partial charge in [0.1, 0.15) is 6.61 Å². The van der Waals surface area contributed by atoms with Crippen LogP contribution in [0.15, 0.2) is 48.5 Å². The average Bonchev–Trinajstić information content (AvgIpc) is 2.98. The van der Waals surface area contributed by atoms with Gasteiger partial charge >= 0.3 is 6.09 Å². The van der Waals surface area contributed by atoms with E-state index in [9.17, 15) is 9.90 Å². The van der Waals surface area contributed by atoms with Crippen LogP contribution in [-0.2, 0) is 4.74 Å². The van der Waals surface area contributed by atoms with E-state index in [-0.39, 0.29) is 17.9 Å². The predicted octanol–water partition coefficient (Wildman–Crippen LogP) is 4.86. The summed E-state index contributed by atoms with van der Waals surface area (Å²) >= 11 is 0. The molecule has 1 fully saturated rings. The molecule has 28 heavy (non-hydrogen) atoms. The number of hydrogen-bond donors (Lipinski definition) is 2. The van der Waals surface area contributed by atoms with Crippen LogP contribution in [-0.4, -0.2) is 30.0 Å². The van der Waals surface area contributed by atoms with Gasteiger partial charge in [0.15, 0.2) is 0 Å². The zero-order valence-electron chi connectivity index (χ0n) is 16.7. The third kappa shape index (κ3) is 3.79. The summed E-state index contributed by atoms with van der Waals surface area (Å²) in [5.74, 6) is 0.0508. The summed E-state index contributed by atoms with van der Waals surface area (Å²) in [6, 6.07) is 16.6. The second kappa shape index (κ2) is 7.25. The molecule has 0 aromatic heterocycles. The Balaban J connectivity index is 1.38. The number of nitrogens with one attached hydrogen (secondary N) is 1. The first-order chi connectivity index (χ1) is 13.4. The average molecular weight is 380 g/mol. The highest BCUT2D eigenvalue weighted by Crippen LogP contribution is 2.44. The smallest absolute Gasteiger partial charge is 0.407 e. The minimum atomic E-state index is -0.840. The van der Waals surface area contributed by atoms with E-state index >= 15 is 0 Å². The van der Waals surface area contributed by atoms with Crippen molar-refractivity contribution in [2.45, 2.75) is 51.0 Å². The zero-order valence-corrected chi connectivity index (χ0v) is 16.7. The highest BCUT2D eigenvalue weighted by Gasteiger charge is 2.38. The lowest BCUT2D eigenvalue weighted by Gasteiger charge is -2.41. The molecule has 2 aromatic carbocycles. The SMILES string of the molecule is CC1(C)CCCC(O)(CNC(=O)OCC2c3ccccc3-c3ccccc32)C1. The van der Waals surface area contributed by atoms with Crippen LogP contribution < -0.4 is 5.32 Å². The van der Waals surface area contributed by atoms with Crippen molar-refractivity contribution in [3.05, 3.63) is 59.7 Å². The molecular weight excluding hydrogens is 350 g/mol. The second-order valence-corrected chi connectivity index (χ2v) is 9.10. The number of alkyl carbamates (subject to hydrolysis) is 1. The quantitative estimate of drug-likeness (QED) is 0.798. The molecule has 0 aliphatic heterocycles. The van der Waals surface area contributed by atoms with Crippen molar-refractivity contribution >= 4 is 6.09 Å². The maximum Gasteiger partial charge on any atom is 0.407 e. The summed E-state index contributed by atoms with van der Waals surface area (Å²) in [6.07, 6.45) is 3.05. The first-order valence-electron chi connectivity index (χ1n) is 10.2. The van der Waals surface area contributed by atoms with Gasteiger partial charge in [-0.15, -0.1) is 0 Å². The maximum absolute atomic E-state index is 12.3. The van der Waals surface area contributed by atoms with Crippen LogP contribution in [0.3, 0.4) is 0 Å². The van der Waals surface area contributed by atoms with E-state index in [1.54, 1.807) is 0 Å². The van der Waals surface area contributed by atoms with Gasteiger partial charge in [-0.2, -0.15) is 0 Å². The first kappa shape index (κ1) is 19.0. The molecule has 0 heterocycles. The van der Waals surface area contributed by atoms with Gasteiger partial charge < -0.3 is 15.2 Å². The minimum Gasteiger partial charge on any atom is -0.449 e. The number of hydrogen-bond acceptors (Lipinski definition) is 3. The monoisotopic (exact) mass is 379 g/mol. The maximum atomic E-state index is 12.3. The summed E-state index contributed by atoms with van der Waals surface area (Å²) in [5.41, 5.74) is 4.09. The van der Waals surface area contributed by atoms with Gasteiger partial charge in [0, 0.05) is 12.5 Å². The predicted molar refractivity (Wildman–Crippen MR) is 110 cm³/mol. The van der Waals surface area contributed by atoms with E-state index in [1.165, 1.54) is 22.3 Å². The number of fused-ring (bicyclic) bond motifs is 3. The van der Waals surface area contributed by atoms with Crippen molar-refractivity contribution in [3.8, 4) is 11.1 Å². The highest BCUT2D eigenvalue weighted by molar-refractivity contribution is 5.79. The van der Waals surface area contributed by atoms with Gasteiger partial charge in [0.25, 0.3) is 0 Å². The van der Waals surface area contributed by atoms with Gasteiger partial charge in [0.05, 0.1) is 5.60 Å². The third-order valence-corrected chi connectivity index (χ3v) is 6.21. The van der Waals surface area contributed by atoms with Crippen LogP contribution >= 0.6 is 0 Å². The Morgan fingerprint density at radius 2 is 1.68 bits per heavy atom. The standard InChI is InChI=1S/C24H29NO3/c1-23(2)12-7-13-24(27,15-23)16-25-22(26)28-14-21-19-10-5-3-8-17(19)18-9-4-6-11-20(18)21/h3-6,8-11,21,27H,7,12-16H2,1-2H3,(H,25,26). The fourth-order valence-corrected chi connectivity index (χ4v) is 5.00. The summed E-state index contributed by atoms with van der Waals surface area (Å²) in [6.45, 7) is 4.88. The first-order valence-corrected chi connectivity index (χ1v) is 10.2. The van der Waals surface area contributed by atoms with E-state index in [0.717, 1.165) is 19.3 Å². The number of benzene rings is 2. The Hall–Kier alpha value is -2.33. The number of amides is 1. The Kier molecular flexibility index (Phi) is 4.92. The van der Waals surface area contributed by atoms with Crippen LogP contribution in [0.4, 0.5) is 4.79 Å². The molecule has 0 spiro atoms. The molecule has 2 aliphatic rings. The Labute approximate surface area is 166 Å². The van der Waals surface area contributed by atoms with Gasteiger partial charge in [-0.1, -0.05) is 62.4 Å². The van der Waals surface area contributed by atoms with Crippen molar-refractivity contribution in [3.63, 3.8) is 0 Å². The molecule has 0 bridgehead atoms. The summed E-state index contributed by atoms with van der Waals surface area (Å²) in [5, 5.41) is 13.6. The summed E-state index contributed by atoms with van der Waals surface area (Å²) in [4.78, 5) is 12.3. The lowest BCUT2D eigenvalue weighted by molar-refractivity contribution is -0.0369. The van der Waals surface area contributed by atoms with Crippen LogP contribution in [0.5, 0.6) is 0 Å². The molecule has 1 saturated carbocycles. The number of ether oxygens (including phenoxy) is 1. The van der Waals surface area contributed by atoms with Gasteiger partial charge in [-0.05, 0) is 53.4 Å². The molecule has 0 radical (unpaired) electrons.